The number of carbonyl (C=O) groups is 1. The average Bonchev–Trinajstić information content (AvgIpc) is 2.79. The fraction of sp³-hybridized carbons (Fsp3) is 0.120. The van der Waals surface area contributed by atoms with Crippen LogP contribution < -0.4 is 10.5 Å². The van der Waals surface area contributed by atoms with E-state index in [1.165, 1.54) is 0 Å². The lowest BCUT2D eigenvalue weighted by Gasteiger charge is -2.28. The van der Waals surface area contributed by atoms with Crippen LogP contribution in [0, 0.1) is 17.3 Å². The smallest absolute Gasteiger partial charge is 0.249 e. The van der Waals surface area contributed by atoms with Crippen LogP contribution in [0.2, 0.25) is 0 Å². The van der Waals surface area contributed by atoms with Crippen LogP contribution in [0.4, 0.5) is 0 Å². The van der Waals surface area contributed by atoms with Crippen LogP contribution in [0.25, 0.3) is 0 Å². The Morgan fingerprint density at radius 2 is 1.57 bits per heavy atom. The molecule has 1 amide bonds. The second-order valence-corrected chi connectivity index (χ2v) is 6.68. The Balaban J connectivity index is 2.01. The van der Waals surface area contributed by atoms with E-state index >= 15 is 0 Å². The zero-order valence-corrected chi connectivity index (χ0v) is 16.9. The van der Waals surface area contributed by atoms with E-state index in [9.17, 15) is 4.79 Å². The summed E-state index contributed by atoms with van der Waals surface area (Å²) in [5.41, 5.74) is 8.07. The largest absolute Gasteiger partial charge is 0.497 e. The number of rotatable bonds is 5. The zero-order chi connectivity index (χ0) is 21.5. The first-order valence-electron chi connectivity index (χ1n) is 9.42. The van der Waals surface area contributed by atoms with Gasteiger partial charge in [0.05, 0.1) is 7.11 Å². The van der Waals surface area contributed by atoms with E-state index in [2.05, 4.69) is 11.8 Å². The highest BCUT2D eigenvalue weighted by molar-refractivity contribution is 6.07. The van der Waals surface area contributed by atoms with Crippen LogP contribution in [0.15, 0.2) is 78.9 Å². The van der Waals surface area contributed by atoms with Crippen molar-refractivity contribution in [1.82, 2.24) is 4.90 Å². The Morgan fingerprint density at radius 1 is 0.967 bits per heavy atom. The van der Waals surface area contributed by atoms with Crippen molar-refractivity contribution in [3.8, 4) is 17.6 Å². The monoisotopic (exact) mass is 397 g/mol. The van der Waals surface area contributed by atoms with Crippen molar-refractivity contribution in [3.05, 3.63) is 101 Å². The van der Waals surface area contributed by atoms with Gasteiger partial charge in [-0.3, -0.25) is 10.2 Å². The summed E-state index contributed by atoms with van der Waals surface area (Å²) in [7, 11) is 3.40. The summed E-state index contributed by atoms with van der Waals surface area (Å²) < 4.78 is 5.25. The van der Waals surface area contributed by atoms with Crippen molar-refractivity contribution in [1.29, 1.82) is 5.41 Å². The molecular formula is C25H23N3O2. The molecule has 150 valence electrons. The van der Waals surface area contributed by atoms with Gasteiger partial charge in [0.2, 0.25) is 5.91 Å². The molecule has 0 spiro atoms. The first-order chi connectivity index (χ1) is 14.5. The second-order valence-electron chi connectivity index (χ2n) is 6.68. The van der Waals surface area contributed by atoms with Gasteiger partial charge >= 0.3 is 0 Å². The number of nitrogens with one attached hydrogen (secondary N) is 1. The predicted molar refractivity (Wildman–Crippen MR) is 119 cm³/mol. The van der Waals surface area contributed by atoms with E-state index < -0.39 is 11.9 Å². The van der Waals surface area contributed by atoms with Crippen molar-refractivity contribution < 1.29 is 9.53 Å². The number of ether oxygens (including phenoxy) is 1. The lowest BCUT2D eigenvalue weighted by Crippen LogP contribution is -2.32. The van der Waals surface area contributed by atoms with Gasteiger partial charge in [-0.15, -0.1) is 0 Å². The maximum Gasteiger partial charge on any atom is 0.249 e. The normalized spacial score (nSPS) is 11.0. The molecule has 0 radical (unpaired) electrons. The van der Waals surface area contributed by atoms with E-state index in [0.29, 0.717) is 11.1 Å². The first-order valence-corrected chi connectivity index (χ1v) is 9.42. The molecule has 0 aliphatic carbocycles. The van der Waals surface area contributed by atoms with Gasteiger partial charge in [0.25, 0.3) is 0 Å². The number of primary amides is 1. The molecule has 1 atom stereocenters. The van der Waals surface area contributed by atoms with Gasteiger partial charge in [0.15, 0.2) is 0 Å². The van der Waals surface area contributed by atoms with E-state index in [1.54, 1.807) is 43.3 Å². The molecule has 0 saturated heterocycles. The highest BCUT2D eigenvalue weighted by Crippen LogP contribution is 2.24. The number of hydrogen-bond donors (Lipinski definition) is 2. The Morgan fingerprint density at radius 3 is 2.17 bits per heavy atom. The van der Waals surface area contributed by atoms with Gasteiger partial charge < -0.3 is 15.4 Å². The highest BCUT2D eigenvalue weighted by Gasteiger charge is 2.21. The van der Waals surface area contributed by atoms with Gasteiger partial charge in [0.1, 0.15) is 17.6 Å². The minimum Gasteiger partial charge on any atom is -0.497 e. The molecular weight excluding hydrogens is 374 g/mol. The summed E-state index contributed by atoms with van der Waals surface area (Å²) in [6.07, 6.45) is 0. The maximum atomic E-state index is 11.8. The molecule has 0 saturated carbocycles. The number of nitrogens with zero attached hydrogens (tertiary/aromatic N) is 1. The Kier molecular flexibility index (Phi) is 6.51. The van der Waals surface area contributed by atoms with E-state index in [1.807, 2.05) is 54.6 Å². The number of benzene rings is 3. The van der Waals surface area contributed by atoms with Crippen molar-refractivity contribution in [2.75, 3.05) is 14.2 Å². The van der Waals surface area contributed by atoms with Crippen LogP contribution >= 0.6 is 0 Å². The van der Waals surface area contributed by atoms with Crippen LogP contribution in [0.3, 0.4) is 0 Å². The molecule has 3 rings (SSSR count). The third kappa shape index (κ3) is 4.68. The lowest BCUT2D eigenvalue weighted by molar-refractivity contribution is 0.1000. The zero-order valence-electron chi connectivity index (χ0n) is 16.9. The topological polar surface area (TPSA) is 79.4 Å². The number of nitrogens with two attached hydrogens (primary N) is 1. The van der Waals surface area contributed by atoms with Crippen LogP contribution in [-0.2, 0) is 0 Å². The standard InChI is InChI=1S/C25H23N3O2/c1-28(24(26)21-10-6-7-11-22(21)25(27)29)23(17-12-18-8-4-3-5-9-18)19-13-15-20(30-2)16-14-19/h3-11,13-16,23,26H,1-2H3,(H2,27,29). The van der Waals surface area contributed by atoms with Crippen LogP contribution in [-0.4, -0.2) is 30.8 Å². The summed E-state index contributed by atoms with van der Waals surface area (Å²) in [4.78, 5) is 13.6. The molecule has 0 aliphatic rings. The predicted octanol–water partition coefficient (Wildman–Crippen LogP) is 3.84. The molecule has 5 heteroatoms. The summed E-state index contributed by atoms with van der Waals surface area (Å²) in [6, 6.07) is 23.7. The molecule has 0 aromatic heterocycles. The number of amides is 1. The van der Waals surface area contributed by atoms with Crippen molar-refractivity contribution in [3.63, 3.8) is 0 Å². The highest BCUT2D eigenvalue weighted by atomic mass is 16.5. The first kappa shape index (κ1) is 20.7. The molecule has 3 N–H and O–H groups in total. The van der Waals surface area contributed by atoms with Crippen LogP contribution in [0.1, 0.15) is 33.1 Å². The third-order valence-corrected chi connectivity index (χ3v) is 4.75. The van der Waals surface area contributed by atoms with Gasteiger partial charge in [0, 0.05) is 23.7 Å². The molecule has 5 nitrogen and oxygen atoms in total. The molecule has 3 aromatic rings. The fourth-order valence-electron chi connectivity index (χ4n) is 3.09. The Labute approximate surface area is 176 Å². The number of amidine groups is 1. The lowest BCUT2D eigenvalue weighted by atomic mass is 10.0. The van der Waals surface area contributed by atoms with Gasteiger partial charge in [-0.2, -0.15) is 0 Å². The molecule has 1 unspecified atom stereocenters. The SMILES string of the molecule is COc1ccc(C(C#Cc2ccccc2)N(C)C(=N)c2ccccc2C(N)=O)cc1. The van der Waals surface area contributed by atoms with Crippen molar-refractivity contribution >= 4 is 11.7 Å². The van der Waals surface area contributed by atoms with Gasteiger partial charge in [-0.05, 0) is 35.9 Å². The average molecular weight is 397 g/mol. The molecule has 0 bridgehead atoms. The van der Waals surface area contributed by atoms with Gasteiger partial charge in [-0.1, -0.05) is 60.4 Å². The summed E-state index contributed by atoms with van der Waals surface area (Å²) in [6.45, 7) is 0. The molecule has 3 aromatic carbocycles. The molecule has 30 heavy (non-hydrogen) atoms. The van der Waals surface area contributed by atoms with Crippen LogP contribution in [0.5, 0.6) is 5.75 Å². The minimum absolute atomic E-state index is 0.160. The molecule has 0 aliphatic heterocycles. The number of methoxy groups -OCH3 is 1. The Bertz CT molecular complexity index is 1100. The van der Waals surface area contributed by atoms with E-state index in [4.69, 9.17) is 15.9 Å². The maximum absolute atomic E-state index is 11.8. The molecule has 0 heterocycles. The van der Waals surface area contributed by atoms with Gasteiger partial charge in [-0.25, -0.2) is 0 Å². The third-order valence-electron chi connectivity index (χ3n) is 4.75. The number of carbonyl (C=O) groups excluding carboxylic acids is 1. The number of hydrogen-bond acceptors (Lipinski definition) is 3. The summed E-state index contributed by atoms with van der Waals surface area (Å²) >= 11 is 0. The fourth-order valence-corrected chi connectivity index (χ4v) is 3.09. The van der Waals surface area contributed by atoms with Crippen molar-refractivity contribution in [2.24, 2.45) is 5.73 Å². The van der Waals surface area contributed by atoms with E-state index in [-0.39, 0.29) is 5.84 Å². The molecule has 0 fully saturated rings. The Hall–Kier alpha value is -4.04. The minimum atomic E-state index is -0.569. The summed E-state index contributed by atoms with van der Waals surface area (Å²) in [5, 5.41) is 8.74. The second kappa shape index (κ2) is 9.44. The summed E-state index contributed by atoms with van der Waals surface area (Å²) in [5.74, 6) is 6.78. The van der Waals surface area contributed by atoms with Crippen molar-refractivity contribution in [2.45, 2.75) is 6.04 Å². The quantitative estimate of drug-likeness (QED) is 0.390. The van der Waals surface area contributed by atoms with E-state index in [0.717, 1.165) is 16.9 Å².